The van der Waals surface area contributed by atoms with Crippen LogP contribution in [0, 0.1) is 0 Å². The van der Waals surface area contributed by atoms with Gasteiger partial charge in [0.2, 0.25) is 0 Å². The minimum atomic E-state index is 0.498. The van der Waals surface area contributed by atoms with E-state index in [-0.39, 0.29) is 0 Å². The first kappa shape index (κ1) is 13.8. The summed E-state index contributed by atoms with van der Waals surface area (Å²) in [5.41, 5.74) is 1.23. The smallest absolute Gasteiger partial charge is 0.126 e. The van der Waals surface area contributed by atoms with Crippen LogP contribution in [-0.4, -0.2) is 27.4 Å². The lowest BCUT2D eigenvalue weighted by molar-refractivity contribution is 0.146. The predicted octanol–water partition coefficient (Wildman–Crippen LogP) is 3.23. The highest BCUT2D eigenvalue weighted by molar-refractivity contribution is 5.42. The molecule has 0 amide bonds. The van der Waals surface area contributed by atoms with E-state index in [1.807, 2.05) is 12.1 Å². The third-order valence-electron chi connectivity index (χ3n) is 2.90. The Balaban J connectivity index is 2.77. The molecule has 1 atom stereocenters. The van der Waals surface area contributed by atoms with Gasteiger partial charge in [-0.2, -0.15) is 0 Å². The van der Waals surface area contributed by atoms with Crippen molar-refractivity contribution in [3.63, 3.8) is 0 Å². The van der Waals surface area contributed by atoms with Gasteiger partial charge in [-0.15, -0.1) is 0 Å². The monoisotopic (exact) mass is 238 g/mol. The Hall–Kier alpha value is -1.22. The summed E-state index contributed by atoms with van der Waals surface area (Å²) in [6.07, 6.45) is 1.10. The normalized spacial score (nSPS) is 12.2. The van der Waals surface area contributed by atoms with Crippen LogP contribution in [0.1, 0.15) is 31.7 Å². The first-order valence-corrected chi connectivity index (χ1v) is 6.02. The summed E-state index contributed by atoms with van der Waals surface area (Å²) < 4.78 is 15.9. The van der Waals surface area contributed by atoms with Crippen LogP contribution in [-0.2, 0) is 4.74 Å². The fraction of sp³-hybridized carbons (Fsp3) is 0.571. The number of hydrogen-bond acceptors (Lipinski definition) is 3. The van der Waals surface area contributed by atoms with Crippen molar-refractivity contribution in [1.29, 1.82) is 0 Å². The van der Waals surface area contributed by atoms with Crippen molar-refractivity contribution in [2.24, 2.45) is 0 Å². The molecule has 0 radical (unpaired) electrons. The zero-order valence-electron chi connectivity index (χ0n) is 11.2. The molecule has 0 bridgehead atoms. The number of hydrogen-bond donors (Lipinski definition) is 0. The minimum absolute atomic E-state index is 0.498. The number of benzene rings is 1. The van der Waals surface area contributed by atoms with Crippen molar-refractivity contribution >= 4 is 0 Å². The van der Waals surface area contributed by atoms with E-state index >= 15 is 0 Å². The number of methoxy groups -OCH3 is 2. The molecule has 3 nitrogen and oxygen atoms in total. The van der Waals surface area contributed by atoms with E-state index in [0.29, 0.717) is 19.1 Å². The average Bonchev–Trinajstić information content (AvgIpc) is 2.38. The van der Waals surface area contributed by atoms with Crippen LogP contribution in [0.15, 0.2) is 18.2 Å². The predicted molar refractivity (Wildman–Crippen MR) is 69.1 cm³/mol. The Morgan fingerprint density at radius 3 is 2.53 bits per heavy atom. The molecule has 96 valence electrons. The molecule has 0 fully saturated rings. The molecular formula is C14H22O3. The van der Waals surface area contributed by atoms with Gasteiger partial charge in [0.1, 0.15) is 18.1 Å². The second-order valence-corrected chi connectivity index (χ2v) is 4.05. The van der Waals surface area contributed by atoms with Crippen LogP contribution in [0.2, 0.25) is 0 Å². The van der Waals surface area contributed by atoms with Crippen LogP contribution >= 0.6 is 0 Å². The van der Waals surface area contributed by atoms with E-state index in [0.717, 1.165) is 17.9 Å². The highest BCUT2D eigenvalue weighted by atomic mass is 16.5. The average molecular weight is 238 g/mol. The molecule has 0 aliphatic rings. The molecule has 0 spiro atoms. The maximum Gasteiger partial charge on any atom is 0.126 e. The van der Waals surface area contributed by atoms with Gasteiger partial charge in [-0.25, -0.2) is 0 Å². The topological polar surface area (TPSA) is 27.7 Å². The Kier molecular flexibility index (Phi) is 5.84. The van der Waals surface area contributed by atoms with Gasteiger partial charge in [-0.1, -0.05) is 19.9 Å². The Morgan fingerprint density at radius 2 is 1.94 bits per heavy atom. The summed E-state index contributed by atoms with van der Waals surface area (Å²) in [5, 5.41) is 0. The molecular weight excluding hydrogens is 216 g/mol. The van der Waals surface area contributed by atoms with Crippen LogP contribution in [0.4, 0.5) is 0 Å². The Labute approximate surface area is 104 Å². The molecule has 1 unspecified atom stereocenters. The molecule has 1 aromatic rings. The molecule has 0 N–H and O–H groups in total. The minimum Gasteiger partial charge on any atom is -0.496 e. The van der Waals surface area contributed by atoms with Crippen molar-refractivity contribution in [2.45, 2.75) is 26.2 Å². The van der Waals surface area contributed by atoms with Crippen molar-refractivity contribution in [1.82, 2.24) is 0 Å². The zero-order valence-corrected chi connectivity index (χ0v) is 11.2. The fourth-order valence-electron chi connectivity index (χ4n) is 1.65. The number of ether oxygens (including phenoxy) is 3. The molecule has 0 saturated heterocycles. The molecule has 0 aliphatic heterocycles. The van der Waals surface area contributed by atoms with Crippen LogP contribution < -0.4 is 9.47 Å². The highest BCUT2D eigenvalue weighted by Gasteiger charge is 2.10. The fourth-order valence-corrected chi connectivity index (χ4v) is 1.65. The van der Waals surface area contributed by atoms with E-state index in [1.54, 1.807) is 14.2 Å². The summed E-state index contributed by atoms with van der Waals surface area (Å²) in [5.74, 6) is 2.22. The first-order chi connectivity index (χ1) is 8.22. The largest absolute Gasteiger partial charge is 0.496 e. The van der Waals surface area contributed by atoms with Crippen molar-refractivity contribution in [3.8, 4) is 11.5 Å². The lowest BCUT2D eigenvalue weighted by Gasteiger charge is -2.15. The molecule has 0 aromatic heterocycles. The van der Waals surface area contributed by atoms with Crippen LogP contribution in [0.5, 0.6) is 11.5 Å². The van der Waals surface area contributed by atoms with Gasteiger partial charge < -0.3 is 14.2 Å². The lowest BCUT2D eigenvalue weighted by Crippen LogP contribution is -2.05. The summed E-state index contributed by atoms with van der Waals surface area (Å²) >= 11 is 0. The van der Waals surface area contributed by atoms with Gasteiger partial charge in [0.25, 0.3) is 0 Å². The molecule has 0 heterocycles. The summed E-state index contributed by atoms with van der Waals surface area (Å²) in [7, 11) is 3.36. The van der Waals surface area contributed by atoms with E-state index < -0.39 is 0 Å². The van der Waals surface area contributed by atoms with Gasteiger partial charge in [0.05, 0.1) is 13.7 Å². The van der Waals surface area contributed by atoms with Gasteiger partial charge in [0, 0.05) is 13.2 Å². The SMILES string of the molecule is CCC(C)c1ccc(OCCOC)cc1OC. The zero-order chi connectivity index (χ0) is 12.7. The first-order valence-electron chi connectivity index (χ1n) is 6.02. The molecule has 0 aliphatic carbocycles. The molecule has 1 aromatic carbocycles. The van der Waals surface area contributed by atoms with E-state index in [2.05, 4.69) is 19.9 Å². The second-order valence-electron chi connectivity index (χ2n) is 4.05. The van der Waals surface area contributed by atoms with Crippen LogP contribution in [0.3, 0.4) is 0 Å². The maximum absolute atomic E-state index is 5.55. The van der Waals surface area contributed by atoms with Gasteiger partial charge >= 0.3 is 0 Å². The molecule has 1 rings (SSSR count). The summed E-state index contributed by atoms with van der Waals surface area (Å²) in [4.78, 5) is 0. The van der Waals surface area contributed by atoms with Crippen molar-refractivity contribution < 1.29 is 14.2 Å². The van der Waals surface area contributed by atoms with Crippen molar-refractivity contribution in [2.75, 3.05) is 27.4 Å². The maximum atomic E-state index is 5.55. The summed E-state index contributed by atoms with van der Waals surface area (Å²) in [6.45, 7) is 5.52. The molecule has 17 heavy (non-hydrogen) atoms. The van der Waals surface area contributed by atoms with E-state index in [4.69, 9.17) is 14.2 Å². The number of rotatable bonds is 7. The van der Waals surface area contributed by atoms with E-state index in [1.165, 1.54) is 5.56 Å². The Bertz CT molecular complexity index is 336. The third kappa shape index (κ3) is 3.93. The van der Waals surface area contributed by atoms with Crippen molar-refractivity contribution in [3.05, 3.63) is 23.8 Å². The Morgan fingerprint density at radius 1 is 1.18 bits per heavy atom. The molecule has 0 saturated carbocycles. The second kappa shape index (κ2) is 7.17. The van der Waals surface area contributed by atoms with Gasteiger partial charge in [-0.3, -0.25) is 0 Å². The quantitative estimate of drug-likeness (QED) is 0.682. The lowest BCUT2D eigenvalue weighted by atomic mass is 9.97. The van der Waals surface area contributed by atoms with Gasteiger partial charge in [0.15, 0.2) is 0 Å². The highest BCUT2D eigenvalue weighted by Crippen LogP contribution is 2.31. The third-order valence-corrected chi connectivity index (χ3v) is 2.90. The van der Waals surface area contributed by atoms with Gasteiger partial charge in [-0.05, 0) is 24.0 Å². The molecule has 3 heteroatoms. The van der Waals surface area contributed by atoms with E-state index in [9.17, 15) is 0 Å². The van der Waals surface area contributed by atoms with Crippen LogP contribution in [0.25, 0.3) is 0 Å². The standard InChI is InChI=1S/C14H22O3/c1-5-11(2)13-7-6-12(10-14(13)16-4)17-9-8-15-3/h6-7,10-11H,5,8-9H2,1-4H3. The summed E-state index contributed by atoms with van der Waals surface area (Å²) in [6, 6.07) is 6.01.